The Kier molecular flexibility index (Phi) is 5.27. The summed E-state index contributed by atoms with van der Waals surface area (Å²) >= 11 is 1.36. The van der Waals surface area contributed by atoms with Crippen LogP contribution in [0.1, 0.15) is 16.7 Å². The summed E-state index contributed by atoms with van der Waals surface area (Å²) in [5.74, 6) is 0.623. The first kappa shape index (κ1) is 19.4. The number of halogens is 1. The number of benzene rings is 2. The first-order valence-corrected chi connectivity index (χ1v) is 10.4. The molecule has 150 valence electrons. The molecule has 0 unspecified atom stereocenters. The molecule has 29 heavy (non-hydrogen) atoms. The van der Waals surface area contributed by atoms with Crippen LogP contribution in [0, 0.1) is 26.6 Å². The Hall–Kier alpha value is -2.87. The molecule has 0 fully saturated rings. The van der Waals surface area contributed by atoms with E-state index in [-0.39, 0.29) is 17.5 Å². The van der Waals surface area contributed by atoms with Crippen molar-refractivity contribution in [2.24, 2.45) is 0 Å². The van der Waals surface area contributed by atoms with Gasteiger partial charge in [-0.25, -0.2) is 4.39 Å². The van der Waals surface area contributed by atoms with Crippen LogP contribution >= 0.6 is 11.8 Å². The molecule has 0 spiro atoms. The van der Waals surface area contributed by atoms with E-state index in [9.17, 15) is 9.18 Å². The third-order valence-corrected chi connectivity index (χ3v) is 5.86. The molecule has 4 rings (SSSR count). The van der Waals surface area contributed by atoms with Crippen LogP contribution in [0.25, 0.3) is 0 Å². The van der Waals surface area contributed by atoms with E-state index in [1.807, 2.05) is 30.2 Å². The maximum atomic E-state index is 13.2. The van der Waals surface area contributed by atoms with Crippen molar-refractivity contribution < 1.29 is 9.18 Å². The lowest BCUT2D eigenvalue weighted by molar-refractivity contribution is -0.113. The van der Waals surface area contributed by atoms with Crippen LogP contribution in [0.5, 0.6) is 0 Å². The van der Waals surface area contributed by atoms with E-state index in [4.69, 9.17) is 0 Å². The van der Waals surface area contributed by atoms with Gasteiger partial charge in [-0.15, -0.1) is 10.2 Å². The number of carbonyl (C=O) groups excluding carboxylic acids is 1. The molecule has 2 heterocycles. The highest BCUT2D eigenvalue weighted by molar-refractivity contribution is 7.99. The molecule has 1 amide bonds. The van der Waals surface area contributed by atoms with Gasteiger partial charge in [0.05, 0.1) is 5.75 Å². The lowest BCUT2D eigenvalue weighted by Gasteiger charge is -2.14. The molecule has 1 aliphatic rings. The van der Waals surface area contributed by atoms with Gasteiger partial charge in [0.25, 0.3) is 0 Å². The Morgan fingerprint density at radius 1 is 1.10 bits per heavy atom. The molecule has 6 nitrogen and oxygen atoms in total. The number of anilines is 3. The smallest absolute Gasteiger partial charge is 0.234 e. The molecule has 0 saturated heterocycles. The van der Waals surface area contributed by atoms with Crippen molar-refractivity contribution in [1.82, 2.24) is 14.8 Å². The quantitative estimate of drug-likeness (QED) is 0.637. The molecule has 1 aromatic heterocycles. The minimum Gasteiger partial charge on any atom is -0.325 e. The van der Waals surface area contributed by atoms with E-state index in [1.165, 1.54) is 29.5 Å². The third kappa shape index (κ3) is 3.98. The first-order valence-electron chi connectivity index (χ1n) is 9.39. The van der Waals surface area contributed by atoms with Crippen LogP contribution < -0.4 is 10.2 Å². The minimum atomic E-state index is -0.268. The molecule has 1 aliphatic heterocycles. The van der Waals surface area contributed by atoms with Crippen molar-refractivity contribution in [3.8, 4) is 0 Å². The number of thioether (sulfide) groups is 1. The summed E-state index contributed by atoms with van der Waals surface area (Å²) in [5.41, 5.74) is 5.03. The van der Waals surface area contributed by atoms with Crippen LogP contribution in [0.4, 0.5) is 21.7 Å². The average Bonchev–Trinajstić information content (AvgIpc) is 3.26. The molecule has 0 saturated carbocycles. The maximum Gasteiger partial charge on any atom is 0.234 e. The highest BCUT2D eigenvalue weighted by Crippen LogP contribution is 2.32. The summed E-state index contributed by atoms with van der Waals surface area (Å²) in [4.78, 5) is 14.5. The first-order chi connectivity index (χ1) is 13.9. The molecular formula is C21H22FN5OS. The molecule has 0 aliphatic carbocycles. The lowest BCUT2D eigenvalue weighted by atomic mass is 10.1. The summed E-state index contributed by atoms with van der Waals surface area (Å²) in [6, 6.07) is 10.4. The van der Waals surface area contributed by atoms with Crippen LogP contribution in [-0.2, 0) is 11.3 Å². The van der Waals surface area contributed by atoms with Crippen LogP contribution in [0.15, 0.2) is 41.6 Å². The zero-order valence-electron chi connectivity index (χ0n) is 16.6. The summed E-state index contributed by atoms with van der Waals surface area (Å²) < 4.78 is 15.2. The van der Waals surface area contributed by atoms with Gasteiger partial charge in [-0.05, 0) is 56.2 Å². The highest BCUT2D eigenvalue weighted by Gasteiger charge is 2.26. The Balaban J connectivity index is 1.42. The molecule has 0 bridgehead atoms. The van der Waals surface area contributed by atoms with Gasteiger partial charge in [0.15, 0.2) is 5.16 Å². The molecule has 8 heteroatoms. The summed E-state index contributed by atoms with van der Waals surface area (Å²) in [5, 5.41) is 12.2. The fourth-order valence-corrected chi connectivity index (χ4v) is 4.39. The number of nitrogens with one attached hydrogen (secondary N) is 1. The number of nitrogens with zero attached hydrogens (tertiary/aromatic N) is 4. The normalized spacial score (nSPS) is 12.9. The van der Waals surface area contributed by atoms with Crippen molar-refractivity contribution in [2.45, 2.75) is 32.5 Å². The Morgan fingerprint density at radius 2 is 1.79 bits per heavy atom. The largest absolute Gasteiger partial charge is 0.325 e. The third-order valence-electron chi connectivity index (χ3n) is 4.90. The van der Waals surface area contributed by atoms with Crippen molar-refractivity contribution in [3.63, 3.8) is 0 Å². The van der Waals surface area contributed by atoms with Crippen molar-refractivity contribution in [2.75, 3.05) is 22.5 Å². The zero-order valence-corrected chi connectivity index (χ0v) is 17.4. The number of hydrogen-bond acceptors (Lipinski definition) is 5. The second kappa shape index (κ2) is 7.87. The maximum absolute atomic E-state index is 13.2. The number of rotatable bonds is 5. The van der Waals surface area contributed by atoms with Gasteiger partial charge in [-0.3, -0.25) is 9.36 Å². The lowest BCUT2D eigenvalue weighted by Crippen LogP contribution is -2.16. The fourth-order valence-electron chi connectivity index (χ4n) is 3.63. The van der Waals surface area contributed by atoms with Gasteiger partial charge < -0.3 is 10.2 Å². The van der Waals surface area contributed by atoms with Gasteiger partial charge in [0.1, 0.15) is 5.82 Å². The van der Waals surface area contributed by atoms with E-state index in [1.54, 1.807) is 12.1 Å². The average molecular weight is 412 g/mol. The molecule has 0 radical (unpaired) electrons. The second-order valence-corrected chi connectivity index (χ2v) is 8.12. The predicted octanol–water partition coefficient (Wildman–Crippen LogP) is 4.22. The zero-order chi connectivity index (χ0) is 20.5. The van der Waals surface area contributed by atoms with Gasteiger partial charge in [-0.1, -0.05) is 29.5 Å². The number of amides is 1. The van der Waals surface area contributed by atoms with E-state index in [2.05, 4.69) is 27.6 Å². The summed E-state index contributed by atoms with van der Waals surface area (Å²) in [7, 11) is 0. The second-order valence-electron chi connectivity index (χ2n) is 7.17. The van der Waals surface area contributed by atoms with E-state index >= 15 is 0 Å². The molecule has 3 aromatic rings. The topological polar surface area (TPSA) is 63.1 Å². The Bertz CT molecular complexity index is 1040. The van der Waals surface area contributed by atoms with Crippen LogP contribution in [0.3, 0.4) is 0 Å². The molecule has 2 aromatic carbocycles. The van der Waals surface area contributed by atoms with Crippen molar-refractivity contribution in [3.05, 3.63) is 58.9 Å². The predicted molar refractivity (Wildman–Crippen MR) is 113 cm³/mol. The van der Waals surface area contributed by atoms with Gasteiger partial charge >= 0.3 is 0 Å². The highest BCUT2D eigenvalue weighted by atomic mass is 32.2. The number of aryl methyl sites for hydroxylation is 3. The van der Waals surface area contributed by atoms with Gasteiger partial charge in [0.2, 0.25) is 11.9 Å². The van der Waals surface area contributed by atoms with E-state index in [0.717, 1.165) is 35.6 Å². The van der Waals surface area contributed by atoms with Gasteiger partial charge in [0, 0.05) is 24.5 Å². The van der Waals surface area contributed by atoms with Crippen molar-refractivity contribution in [1.29, 1.82) is 0 Å². The van der Waals surface area contributed by atoms with Crippen molar-refractivity contribution >= 4 is 35.0 Å². The summed E-state index contributed by atoms with van der Waals surface area (Å²) in [6.45, 7) is 7.50. The van der Waals surface area contributed by atoms with Crippen LogP contribution in [-0.4, -0.2) is 33.0 Å². The standard InChI is InChI=1S/C21H22FN5OS/c1-13-10-14(2)19(15(3)11-13)23-18(28)12-29-21-25-24-20-26(8-9-27(20)21)17-6-4-16(22)5-7-17/h4-7,10-11H,8-9,12H2,1-3H3,(H,23,28). The number of carbonyl (C=O) groups is 1. The Morgan fingerprint density at radius 3 is 2.48 bits per heavy atom. The van der Waals surface area contributed by atoms with E-state index < -0.39 is 0 Å². The summed E-state index contributed by atoms with van der Waals surface area (Å²) in [6.07, 6.45) is 0. The van der Waals surface area contributed by atoms with Crippen LogP contribution in [0.2, 0.25) is 0 Å². The van der Waals surface area contributed by atoms with Gasteiger partial charge in [-0.2, -0.15) is 0 Å². The fraction of sp³-hybridized carbons (Fsp3) is 0.286. The molecule has 0 atom stereocenters. The molecular weight excluding hydrogens is 389 g/mol. The number of aromatic nitrogens is 3. The Labute approximate surface area is 173 Å². The molecule has 1 N–H and O–H groups in total. The van der Waals surface area contributed by atoms with E-state index in [0.29, 0.717) is 11.1 Å². The monoisotopic (exact) mass is 411 g/mol. The number of fused-ring (bicyclic) bond motifs is 1. The minimum absolute atomic E-state index is 0.0733. The SMILES string of the molecule is Cc1cc(C)c(NC(=O)CSc2nnc3n2CCN3c2ccc(F)cc2)c(C)c1. The number of hydrogen-bond donors (Lipinski definition) is 1.